The second-order valence-corrected chi connectivity index (χ2v) is 8.41. The molecule has 0 spiro atoms. The number of primary amides is 1. The Balaban J connectivity index is 1.49. The highest BCUT2D eigenvalue weighted by Crippen LogP contribution is 2.29. The van der Waals surface area contributed by atoms with Gasteiger partial charge in [-0.2, -0.15) is 0 Å². The number of benzene rings is 4. The molecule has 0 heterocycles. The molecule has 8 nitrogen and oxygen atoms in total. The molecule has 0 bridgehead atoms. The van der Waals surface area contributed by atoms with E-state index in [1.165, 1.54) is 0 Å². The van der Waals surface area contributed by atoms with Crippen LogP contribution in [0, 0.1) is 0 Å². The van der Waals surface area contributed by atoms with Gasteiger partial charge in [0.25, 0.3) is 0 Å². The summed E-state index contributed by atoms with van der Waals surface area (Å²) < 4.78 is 5.12. The van der Waals surface area contributed by atoms with Crippen LogP contribution < -0.4 is 16.4 Å². The molecule has 8 heteroatoms. The lowest BCUT2D eigenvalue weighted by atomic mass is 9.92. The molecule has 0 aliphatic rings. The summed E-state index contributed by atoms with van der Waals surface area (Å²) in [5.74, 6) is -1.48. The van der Waals surface area contributed by atoms with Crippen LogP contribution in [0.1, 0.15) is 11.1 Å². The van der Waals surface area contributed by atoms with E-state index < -0.39 is 36.6 Å². The maximum atomic E-state index is 12.9. The van der Waals surface area contributed by atoms with Gasteiger partial charge in [0.1, 0.15) is 18.7 Å². The van der Waals surface area contributed by atoms with E-state index in [9.17, 15) is 19.5 Å². The van der Waals surface area contributed by atoms with E-state index in [2.05, 4.69) is 16.7 Å². The zero-order valence-corrected chi connectivity index (χ0v) is 19.5. The average Bonchev–Trinajstić information content (AvgIpc) is 2.90. The fraction of sp³-hybridized carbons (Fsp3) is 0.179. The Bertz CT molecular complexity index is 1340. The lowest BCUT2D eigenvalue weighted by Crippen LogP contribution is -2.55. The summed E-state index contributed by atoms with van der Waals surface area (Å²) in [4.78, 5) is 37.4. The smallest absolute Gasteiger partial charge is 0.408 e. The van der Waals surface area contributed by atoms with Gasteiger partial charge in [-0.3, -0.25) is 9.59 Å². The molecule has 0 unspecified atom stereocenters. The van der Waals surface area contributed by atoms with Crippen molar-refractivity contribution in [3.05, 3.63) is 96.1 Å². The number of aliphatic hydroxyl groups is 1. The first-order valence-electron chi connectivity index (χ1n) is 11.5. The Morgan fingerprint density at radius 3 is 1.97 bits per heavy atom. The molecule has 4 aromatic rings. The Hall–Kier alpha value is -4.43. The van der Waals surface area contributed by atoms with E-state index in [1.807, 2.05) is 66.7 Å². The normalized spacial score (nSPS) is 12.6. The minimum absolute atomic E-state index is 0.00447. The van der Waals surface area contributed by atoms with Gasteiger partial charge in [0.05, 0.1) is 6.61 Å². The molecule has 0 saturated carbocycles. The third-order valence-corrected chi connectivity index (χ3v) is 5.95. The highest BCUT2D eigenvalue weighted by molar-refractivity contribution is 6.03. The molecule has 36 heavy (non-hydrogen) atoms. The van der Waals surface area contributed by atoms with Gasteiger partial charge >= 0.3 is 6.09 Å². The van der Waals surface area contributed by atoms with Crippen LogP contribution in [0.3, 0.4) is 0 Å². The summed E-state index contributed by atoms with van der Waals surface area (Å²) in [6.07, 6.45) is -0.733. The van der Waals surface area contributed by atoms with Crippen molar-refractivity contribution >= 4 is 39.5 Å². The van der Waals surface area contributed by atoms with E-state index in [1.54, 1.807) is 12.1 Å². The Kier molecular flexibility index (Phi) is 7.77. The van der Waals surface area contributed by atoms with Gasteiger partial charge in [-0.15, -0.1) is 0 Å². The van der Waals surface area contributed by atoms with Crippen LogP contribution in [0.4, 0.5) is 4.79 Å². The number of fused-ring (bicyclic) bond motifs is 2. The Morgan fingerprint density at radius 1 is 0.806 bits per heavy atom. The topological polar surface area (TPSA) is 131 Å². The van der Waals surface area contributed by atoms with Crippen molar-refractivity contribution in [2.45, 2.75) is 25.1 Å². The van der Waals surface area contributed by atoms with Crippen LogP contribution in [0.5, 0.6) is 0 Å². The summed E-state index contributed by atoms with van der Waals surface area (Å²) in [6, 6.07) is 24.3. The number of hydrogen-bond donors (Lipinski definition) is 4. The predicted octanol–water partition coefficient (Wildman–Crippen LogP) is 2.79. The van der Waals surface area contributed by atoms with Gasteiger partial charge in [-0.05, 0) is 38.7 Å². The molecule has 0 aromatic heterocycles. The number of carbonyl (C=O) groups excluding carboxylic acids is 3. The van der Waals surface area contributed by atoms with Gasteiger partial charge in [0, 0.05) is 6.42 Å². The first-order valence-corrected chi connectivity index (χ1v) is 11.5. The first kappa shape index (κ1) is 24.7. The van der Waals surface area contributed by atoms with E-state index >= 15 is 0 Å². The molecule has 2 atom stereocenters. The number of nitrogens with two attached hydrogens (primary N) is 1. The summed E-state index contributed by atoms with van der Waals surface area (Å²) in [7, 11) is 0. The van der Waals surface area contributed by atoms with Crippen molar-refractivity contribution in [2.75, 3.05) is 6.61 Å². The molecule has 4 aromatic carbocycles. The van der Waals surface area contributed by atoms with Crippen LogP contribution in [0.2, 0.25) is 0 Å². The average molecular weight is 486 g/mol. The maximum absolute atomic E-state index is 12.9. The molecule has 0 radical (unpaired) electrons. The number of nitrogens with one attached hydrogen (secondary N) is 2. The monoisotopic (exact) mass is 485 g/mol. The quantitative estimate of drug-likeness (QED) is 0.271. The highest BCUT2D eigenvalue weighted by Gasteiger charge is 2.27. The standard InChI is InChI=1S/C28H27N3O5/c29-26(33)24(15-23-21-12-6-4-10-19(21)14-20-11-5-7-13-22(20)23)30-27(34)25(16-32)31-28(35)36-17-18-8-2-1-3-9-18/h1-14,24-25,32H,15-17H2,(H2,29,33)(H,30,34)(H,31,35)/t24-,25-/m0/s1. The van der Waals surface area contributed by atoms with Crippen molar-refractivity contribution < 1.29 is 24.2 Å². The number of alkyl carbamates (subject to hydrolysis) is 1. The highest BCUT2D eigenvalue weighted by atomic mass is 16.5. The van der Waals surface area contributed by atoms with E-state index in [4.69, 9.17) is 10.5 Å². The molecule has 0 fully saturated rings. The number of amides is 3. The number of aliphatic hydroxyl groups excluding tert-OH is 1. The van der Waals surface area contributed by atoms with Crippen LogP contribution in [-0.4, -0.2) is 41.7 Å². The molecule has 184 valence electrons. The second kappa shape index (κ2) is 11.3. The lowest BCUT2D eigenvalue weighted by Gasteiger charge is -2.22. The zero-order valence-electron chi connectivity index (χ0n) is 19.5. The zero-order chi connectivity index (χ0) is 25.5. The largest absolute Gasteiger partial charge is 0.445 e. The third-order valence-electron chi connectivity index (χ3n) is 5.95. The van der Waals surface area contributed by atoms with Gasteiger partial charge in [0.2, 0.25) is 11.8 Å². The molecule has 0 aliphatic carbocycles. The number of carbonyl (C=O) groups is 3. The molecular weight excluding hydrogens is 458 g/mol. The van der Waals surface area contributed by atoms with Crippen molar-refractivity contribution in [3.63, 3.8) is 0 Å². The summed E-state index contributed by atoms with van der Waals surface area (Å²) >= 11 is 0. The molecule has 3 amide bonds. The third kappa shape index (κ3) is 5.79. The van der Waals surface area contributed by atoms with Crippen LogP contribution in [0.15, 0.2) is 84.9 Å². The van der Waals surface area contributed by atoms with E-state index in [-0.39, 0.29) is 13.0 Å². The molecule has 5 N–H and O–H groups in total. The van der Waals surface area contributed by atoms with Crippen LogP contribution >= 0.6 is 0 Å². The predicted molar refractivity (Wildman–Crippen MR) is 137 cm³/mol. The van der Waals surface area contributed by atoms with Crippen LogP contribution in [-0.2, 0) is 27.4 Å². The van der Waals surface area contributed by atoms with Gasteiger partial charge in [-0.1, -0.05) is 78.9 Å². The first-order chi connectivity index (χ1) is 17.5. The molecule has 4 rings (SSSR count). The number of hydrogen-bond acceptors (Lipinski definition) is 5. The summed E-state index contributed by atoms with van der Waals surface area (Å²) in [5, 5.41) is 18.5. The Morgan fingerprint density at radius 2 is 1.39 bits per heavy atom. The van der Waals surface area contributed by atoms with Gasteiger partial charge in [-0.25, -0.2) is 4.79 Å². The minimum Gasteiger partial charge on any atom is -0.445 e. The fourth-order valence-electron chi connectivity index (χ4n) is 4.13. The lowest BCUT2D eigenvalue weighted by molar-refractivity contribution is -0.129. The number of ether oxygens (including phenoxy) is 1. The maximum Gasteiger partial charge on any atom is 0.408 e. The van der Waals surface area contributed by atoms with Crippen LogP contribution in [0.25, 0.3) is 21.5 Å². The summed E-state index contributed by atoms with van der Waals surface area (Å²) in [6.45, 7) is -0.681. The van der Waals surface area contributed by atoms with Gasteiger partial charge < -0.3 is 26.2 Å². The minimum atomic E-state index is -1.32. The summed E-state index contributed by atoms with van der Waals surface area (Å²) in [5.41, 5.74) is 7.28. The van der Waals surface area contributed by atoms with E-state index in [0.29, 0.717) is 0 Å². The van der Waals surface area contributed by atoms with Crippen molar-refractivity contribution in [2.24, 2.45) is 5.73 Å². The Labute approximate surface area is 208 Å². The fourth-order valence-corrected chi connectivity index (χ4v) is 4.13. The van der Waals surface area contributed by atoms with Crippen molar-refractivity contribution in [1.29, 1.82) is 0 Å². The van der Waals surface area contributed by atoms with Crippen molar-refractivity contribution in [1.82, 2.24) is 10.6 Å². The van der Waals surface area contributed by atoms with Crippen molar-refractivity contribution in [3.8, 4) is 0 Å². The number of rotatable bonds is 9. The van der Waals surface area contributed by atoms with E-state index in [0.717, 1.165) is 32.7 Å². The molecule has 0 aliphatic heterocycles. The van der Waals surface area contributed by atoms with Gasteiger partial charge in [0.15, 0.2) is 0 Å². The molecular formula is C28H27N3O5. The SMILES string of the molecule is NC(=O)[C@H](Cc1c2ccccc2cc2ccccc12)NC(=O)[C@H](CO)NC(=O)OCc1ccccc1. The second-order valence-electron chi connectivity index (χ2n) is 8.41. The molecule has 0 saturated heterocycles.